The summed E-state index contributed by atoms with van der Waals surface area (Å²) in [5, 5.41) is 10.5. The fourth-order valence-corrected chi connectivity index (χ4v) is 2.82. The van der Waals surface area contributed by atoms with Gasteiger partial charge in [0, 0.05) is 11.8 Å². The molecule has 26 heavy (non-hydrogen) atoms. The molecule has 0 spiro atoms. The zero-order chi connectivity index (χ0) is 18.9. The van der Waals surface area contributed by atoms with Crippen LogP contribution in [0.25, 0.3) is 16.5 Å². The number of aromatic hydroxyl groups is 1. The molecule has 0 aliphatic carbocycles. The molecule has 0 bridgehead atoms. The van der Waals surface area contributed by atoms with Gasteiger partial charge in [-0.25, -0.2) is 0 Å². The van der Waals surface area contributed by atoms with E-state index in [4.69, 9.17) is 4.42 Å². The highest BCUT2D eigenvalue weighted by molar-refractivity contribution is 5.78. The molecule has 5 N–H and O–H groups in total. The lowest BCUT2D eigenvalue weighted by atomic mass is 9.96. The summed E-state index contributed by atoms with van der Waals surface area (Å²) < 4.78 is 5.84. The zero-order valence-electron chi connectivity index (χ0n) is 14.9. The minimum absolute atomic E-state index is 0.267. The molecule has 0 fully saturated rings. The predicted octanol–water partition coefficient (Wildman–Crippen LogP) is 4.94. The van der Waals surface area contributed by atoms with Crippen LogP contribution >= 0.6 is 0 Å². The molecule has 0 atom stereocenters. The number of hydrogen-bond donors (Lipinski definition) is 3. The highest BCUT2D eigenvalue weighted by Crippen LogP contribution is 2.26. The van der Waals surface area contributed by atoms with Crippen molar-refractivity contribution in [3.05, 3.63) is 84.7 Å². The largest absolute Gasteiger partial charge is 0.508 e. The van der Waals surface area contributed by atoms with Crippen molar-refractivity contribution in [3.8, 4) is 5.75 Å². The SMILES string of the molecule is C=C(CCCCc1cc2ccccc2o1)C(=C)c1ccc(O)cc1.NN. The lowest BCUT2D eigenvalue weighted by molar-refractivity contribution is 0.475. The van der Waals surface area contributed by atoms with Crippen molar-refractivity contribution in [1.29, 1.82) is 0 Å². The summed E-state index contributed by atoms with van der Waals surface area (Å²) in [6.07, 6.45) is 3.96. The van der Waals surface area contributed by atoms with Gasteiger partial charge in [0.25, 0.3) is 0 Å². The number of benzene rings is 2. The Morgan fingerprint density at radius 1 is 0.962 bits per heavy atom. The van der Waals surface area contributed by atoms with Crippen LogP contribution in [0.2, 0.25) is 0 Å². The van der Waals surface area contributed by atoms with Gasteiger partial charge >= 0.3 is 0 Å². The fraction of sp³-hybridized carbons (Fsp3) is 0.182. The Bertz CT molecular complexity index is 830. The Hall–Kier alpha value is -2.82. The van der Waals surface area contributed by atoms with E-state index in [1.807, 2.05) is 30.3 Å². The van der Waals surface area contributed by atoms with E-state index in [-0.39, 0.29) is 5.75 Å². The van der Waals surface area contributed by atoms with Gasteiger partial charge in [-0.05, 0) is 60.2 Å². The van der Waals surface area contributed by atoms with Crippen molar-refractivity contribution in [2.45, 2.75) is 25.7 Å². The van der Waals surface area contributed by atoms with Gasteiger partial charge < -0.3 is 9.52 Å². The van der Waals surface area contributed by atoms with E-state index in [9.17, 15) is 5.11 Å². The summed E-state index contributed by atoms with van der Waals surface area (Å²) in [4.78, 5) is 0. The molecule has 2 aromatic carbocycles. The van der Waals surface area contributed by atoms with Gasteiger partial charge in [-0.2, -0.15) is 0 Å². The standard InChI is InChI=1S/C22H22O2.H4N2/c1-16(17(2)18-11-13-20(23)14-12-18)7-3-5-9-21-15-19-8-4-6-10-22(19)24-21;1-2/h4,6,8,10-15,23H,1-3,5,7,9H2;1-2H2. The van der Waals surface area contributed by atoms with Gasteiger partial charge in [0.2, 0.25) is 0 Å². The van der Waals surface area contributed by atoms with Crippen molar-refractivity contribution in [2.75, 3.05) is 0 Å². The Labute approximate surface area is 154 Å². The molecular formula is C22H26N2O2. The molecule has 0 saturated carbocycles. The number of furan rings is 1. The quantitative estimate of drug-likeness (QED) is 0.244. The maximum Gasteiger partial charge on any atom is 0.134 e. The van der Waals surface area contributed by atoms with Crippen molar-refractivity contribution < 1.29 is 9.52 Å². The number of allylic oxidation sites excluding steroid dienone is 2. The van der Waals surface area contributed by atoms with Gasteiger partial charge in [-0.15, -0.1) is 0 Å². The maximum absolute atomic E-state index is 9.35. The van der Waals surface area contributed by atoms with E-state index < -0.39 is 0 Å². The second-order valence-electron chi connectivity index (χ2n) is 6.09. The van der Waals surface area contributed by atoms with Crippen LogP contribution in [0.15, 0.2) is 77.7 Å². The van der Waals surface area contributed by atoms with Crippen LogP contribution in [0.5, 0.6) is 5.75 Å². The molecule has 0 saturated heterocycles. The van der Waals surface area contributed by atoms with E-state index in [0.29, 0.717) is 0 Å². The summed E-state index contributed by atoms with van der Waals surface area (Å²) in [6, 6.07) is 17.3. The molecule has 0 unspecified atom stereocenters. The van der Waals surface area contributed by atoms with Crippen molar-refractivity contribution in [2.24, 2.45) is 11.7 Å². The van der Waals surface area contributed by atoms with E-state index in [1.54, 1.807) is 12.1 Å². The third kappa shape index (κ3) is 5.09. The highest BCUT2D eigenvalue weighted by atomic mass is 16.3. The number of rotatable bonds is 7. The van der Waals surface area contributed by atoms with E-state index in [0.717, 1.165) is 59.1 Å². The number of unbranched alkanes of at least 4 members (excludes halogenated alkanes) is 1. The predicted molar refractivity (Wildman–Crippen MR) is 108 cm³/mol. The first-order valence-corrected chi connectivity index (χ1v) is 8.61. The molecule has 0 radical (unpaired) electrons. The molecule has 0 amide bonds. The van der Waals surface area contributed by atoms with Gasteiger partial charge in [0.15, 0.2) is 0 Å². The normalized spacial score (nSPS) is 10.2. The molecule has 0 aliphatic rings. The summed E-state index contributed by atoms with van der Waals surface area (Å²) >= 11 is 0. The first kappa shape index (κ1) is 19.5. The summed E-state index contributed by atoms with van der Waals surface area (Å²) in [5.41, 5.74) is 3.96. The second-order valence-corrected chi connectivity index (χ2v) is 6.09. The van der Waals surface area contributed by atoms with Gasteiger partial charge in [0.05, 0.1) is 0 Å². The zero-order valence-corrected chi connectivity index (χ0v) is 14.9. The molecular weight excluding hydrogens is 324 g/mol. The Morgan fingerprint density at radius 3 is 2.35 bits per heavy atom. The van der Waals surface area contributed by atoms with Crippen LogP contribution in [-0.2, 0) is 6.42 Å². The number of aryl methyl sites for hydroxylation is 1. The minimum atomic E-state index is 0.267. The Kier molecular flexibility index (Phi) is 7.21. The van der Waals surface area contributed by atoms with Crippen LogP contribution in [0.1, 0.15) is 30.6 Å². The molecule has 1 heterocycles. The lowest BCUT2D eigenvalue weighted by Gasteiger charge is -2.09. The van der Waals surface area contributed by atoms with Gasteiger partial charge in [0.1, 0.15) is 17.1 Å². The molecule has 136 valence electrons. The number of hydrazine groups is 1. The third-order valence-corrected chi connectivity index (χ3v) is 4.27. The molecule has 1 aromatic heterocycles. The average molecular weight is 350 g/mol. The summed E-state index contributed by atoms with van der Waals surface area (Å²) in [5.74, 6) is 9.31. The monoisotopic (exact) mass is 350 g/mol. The molecule has 3 rings (SSSR count). The van der Waals surface area contributed by atoms with Gasteiger partial charge in [-0.1, -0.05) is 43.5 Å². The van der Waals surface area contributed by atoms with Crippen LogP contribution in [-0.4, -0.2) is 5.11 Å². The van der Waals surface area contributed by atoms with Crippen LogP contribution < -0.4 is 11.7 Å². The van der Waals surface area contributed by atoms with E-state index >= 15 is 0 Å². The number of para-hydroxylation sites is 1. The Balaban J connectivity index is 0.00000117. The third-order valence-electron chi connectivity index (χ3n) is 4.27. The number of hydrogen-bond acceptors (Lipinski definition) is 4. The van der Waals surface area contributed by atoms with E-state index in [1.165, 1.54) is 0 Å². The molecule has 0 aliphatic heterocycles. The number of phenols is 1. The molecule has 3 aromatic rings. The lowest BCUT2D eigenvalue weighted by Crippen LogP contribution is -2.02. The first-order chi connectivity index (χ1) is 12.6. The first-order valence-electron chi connectivity index (χ1n) is 8.61. The highest BCUT2D eigenvalue weighted by Gasteiger charge is 2.06. The summed E-state index contributed by atoms with van der Waals surface area (Å²) in [6.45, 7) is 8.27. The van der Waals surface area contributed by atoms with Crippen molar-refractivity contribution >= 4 is 16.5 Å². The minimum Gasteiger partial charge on any atom is -0.508 e. The van der Waals surface area contributed by atoms with Crippen LogP contribution in [0.4, 0.5) is 0 Å². The number of nitrogens with two attached hydrogens (primary N) is 2. The number of phenolic OH excluding ortho intramolecular Hbond substituents is 1. The second kappa shape index (κ2) is 9.61. The molecule has 4 nitrogen and oxygen atoms in total. The van der Waals surface area contributed by atoms with Crippen LogP contribution in [0.3, 0.4) is 0 Å². The van der Waals surface area contributed by atoms with Gasteiger partial charge in [-0.3, -0.25) is 11.7 Å². The Morgan fingerprint density at radius 2 is 1.65 bits per heavy atom. The van der Waals surface area contributed by atoms with Crippen molar-refractivity contribution in [3.63, 3.8) is 0 Å². The van der Waals surface area contributed by atoms with E-state index in [2.05, 4.69) is 37.0 Å². The maximum atomic E-state index is 9.35. The topological polar surface area (TPSA) is 85.4 Å². The smallest absolute Gasteiger partial charge is 0.134 e. The summed E-state index contributed by atoms with van der Waals surface area (Å²) in [7, 11) is 0. The number of fused-ring (bicyclic) bond motifs is 1. The fourth-order valence-electron chi connectivity index (χ4n) is 2.82. The average Bonchev–Trinajstić information content (AvgIpc) is 3.09. The van der Waals surface area contributed by atoms with Crippen LogP contribution in [0, 0.1) is 0 Å². The molecule has 4 heteroatoms. The van der Waals surface area contributed by atoms with Crippen molar-refractivity contribution in [1.82, 2.24) is 0 Å².